The van der Waals surface area contributed by atoms with Gasteiger partial charge in [0.1, 0.15) is 23.2 Å². The van der Waals surface area contributed by atoms with Crippen molar-refractivity contribution in [3.05, 3.63) is 275 Å². The first-order valence-corrected chi connectivity index (χ1v) is 23.7. The van der Waals surface area contributed by atoms with Gasteiger partial charge in [-0.15, -0.1) is 0 Å². The van der Waals surface area contributed by atoms with E-state index in [0.717, 1.165) is 39.1 Å². The minimum absolute atomic E-state index is 0.109. The van der Waals surface area contributed by atoms with Crippen LogP contribution in [0.1, 0.15) is 56.2 Å². The standard InChI is InChI=1S/C59H56N8O4/c1-65(2)53-33-49(37-60-54(56(68)69)35-51-39-66(41-62-51)58(43-21-9-3-10-22-43,44-23-11-4-12-24-44)45-25-13-5-14-26-45)64-50(34-53)38-61-55(57(70)71)36-52-40-67(42-63-52)59(46-27-15-6-16-28-46,47-29-17-7-18-30-47)48-31-19-8-20-32-48/h3-34,39-42,54-55,60-61H,35-38H2,1-2H3,(H,68,69)(H,70,71)/t54-,55+. The summed E-state index contributed by atoms with van der Waals surface area (Å²) >= 11 is 0. The van der Waals surface area contributed by atoms with Gasteiger partial charge in [-0.2, -0.15) is 0 Å². The molecule has 71 heavy (non-hydrogen) atoms. The average molecular weight is 941 g/mol. The van der Waals surface area contributed by atoms with Crippen molar-refractivity contribution in [3.63, 3.8) is 0 Å². The van der Waals surface area contributed by atoms with Crippen molar-refractivity contribution >= 4 is 17.6 Å². The lowest BCUT2D eigenvalue weighted by molar-refractivity contribution is -0.140. The number of hydrogen-bond donors (Lipinski definition) is 4. The lowest BCUT2D eigenvalue weighted by Gasteiger charge is -2.37. The van der Waals surface area contributed by atoms with Crippen LogP contribution in [0.3, 0.4) is 0 Å². The predicted octanol–water partition coefficient (Wildman–Crippen LogP) is 8.79. The molecule has 3 heterocycles. The molecule has 12 heteroatoms. The van der Waals surface area contributed by atoms with Gasteiger partial charge < -0.3 is 24.2 Å². The van der Waals surface area contributed by atoms with Crippen molar-refractivity contribution in [2.75, 3.05) is 19.0 Å². The highest BCUT2D eigenvalue weighted by molar-refractivity contribution is 5.74. The van der Waals surface area contributed by atoms with Crippen molar-refractivity contribution in [3.8, 4) is 0 Å². The highest BCUT2D eigenvalue weighted by Gasteiger charge is 2.40. The molecule has 6 aromatic carbocycles. The number of carboxylic acid groups (broad SMARTS) is 2. The summed E-state index contributed by atoms with van der Waals surface area (Å²) in [5.74, 6) is -2.04. The van der Waals surface area contributed by atoms with E-state index in [4.69, 9.17) is 15.0 Å². The molecule has 0 fully saturated rings. The largest absolute Gasteiger partial charge is 0.480 e. The first-order chi connectivity index (χ1) is 34.7. The second-order valence-electron chi connectivity index (χ2n) is 17.8. The van der Waals surface area contributed by atoms with Crippen LogP contribution in [0, 0.1) is 0 Å². The number of aromatic nitrogens is 5. The van der Waals surface area contributed by atoms with Crippen LogP contribution in [0.15, 0.2) is 219 Å². The normalized spacial score (nSPS) is 12.5. The Morgan fingerprint density at radius 2 is 0.761 bits per heavy atom. The molecule has 2 atom stereocenters. The van der Waals surface area contributed by atoms with Gasteiger partial charge in [0, 0.05) is 58.1 Å². The summed E-state index contributed by atoms with van der Waals surface area (Å²) in [6, 6.07) is 63.3. The number of pyridine rings is 1. The maximum Gasteiger partial charge on any atom is 0.321 e. The Balaban J connectivity index is 0.936. The molecule has 0 unspecified atom stereocenters. The number of aliphatic carboxylic acids is 2. The van der Waals surface area contributed by atoms with E-state index in [1.165, 1.54) is 0 Å². The van der Waals surface area contributed by atoms with Crippen LogP contribution in [-0.4, -0.2) is 72.4 Å². The smallest absolute Gasteiger partial charge is 0.321 e. The fourth-order valence-electron chi connectivity index (χ4n) is 9.71. The Kier molecular flexibility index (Phi) is 14.4. The molecule has 9 rings (SSSR count). The van der Waals surface area contributed by atoms with E-state index in [9.17, 15) is 19.8 Å². The Labute approximate surface area is 414 Å². The summed E-state index contributed by atoms with van der Waals surface area (Å²) in [5, 5.41) is 27.6. The molecule has 9 aromatic rings. The van der Waals surface area contributed by atoms with E-state index in [2.05, 4.69) is 92.6 Å². The molecule has 0 saturated carbocycles. The van der Waals surface area contributed by atoms with E-state index in [0.29, 0.717) is 22.8 Å². The van der Waals surface area contributed by atoms with Gasteiger partial charge >= 0.3 is 11.9 Å². The molecule has 356 valence electrons. The van der Waals surface area contributed by atoms with Crippen LogP contribution >= 0.6 is 0 Å². The monoisotopic (exact) mass is 940 g/mol. The molecule has 0 aliphatic carbocycles. The number of carboxylic acids is 2. The average Bonchev–Trinajstić information content (AvgIpc) is 4.09. The first-order valence-electron chi connectivity index (χ1n) is 23.7. The summed E-state index contributed by atoms with van der Waals surface area (Å²) in [6.45, 7) is 0.278. The first kappa shape index (κ1) is 47.6. The van der Waals surface area contributed by atoms with Crippen molar-refractivity contribution in [1.29, 1.82) is 0 Å². The quantitative estimate of drug-likeness (QED) is 0.0515. The number of benzene rings is 6. The maximum atomic E-state index is 12.9. The highest BCUT2D eigenvalue weighted by atomic mass is 16.4. The van der Waals surface area contributed by atoms with Crippen LogP contribution in [0.2, 0.25) is 0 Å². The molecule has 0 amide bonds. The minimum atomic E-state index is -1.02. The maximum absolute atomic E-state index is 12.9. The number of nitrogens with one attached hydrogen (secondary N) is 2. The summed E-state index contributed by atoms with van der Waals surface area (Å²) in [7, 11) is 3.83. The number of anilines is 1. The zero-order valence-electron chi connectivity index (χ0n) is 39.7. The van der Waals surface area contributed by atoms with Crippen LogP contribution in [-0.2, 0) is 46.6 Å². The molecule has 3 aromatic heterocycles. The fourth-order valence-corrected chi connectivity index (χ4v) is 9.71. The van der Waals surface area contributed by atoms with E-state index in [1.807, 2.05) is 153 Å². The number of rotatable bonds is 21. The lowest BCUT2D eigenvalue weighted by Crippen LogP contribution is -2.39. The second kappa shape index (κ2) is 21.5. The van der Waals surface area contributed by atoms with E-state index in [1.54, 1.807) is 12.7 Å². The molecule has 12 nitrogen and oxygen atoms in total. The van der Waals surface area contributed by atoms with Crippen molar-refractivity contribution in [1.82, 2.24) is 34.7 Å². The van der Waals surface area contributed by atoms with Gasteiger partial charge in [0.15, 0.2) is 0 Å². The number of nitrogens with zero attached hydrogens (tertiary/aromatic N) is 6. The SMILES string of the molecule is CN(C)c1cc(CN[C@@H](Cc2cn(C(c3ccccc3)(c3ccccc3)c3ccccc3)cn2)C(=O)O)nc(CN[C@H](Cc2cn(C(c3ccccc3)(c3ccccc3)c3ccccc3)cn2)C(=O)O)c1. The third-order valence-corrected chi connectivity index (χ3v) is 13.1. The molecule has 0 radical (unpaired) electrons. The summed E-state index contributed by atoms with van der Waals surface area (Å²) < 4.78 is 4.15. The minimum Gasteiger partial charge on any atom is -0.480 e. The molecule has 0 aliphatic rings. The van der Waals surface area contributed by atoms with E-state index in [-0.39, 0.29) is 25.9 Å². The zero-order valence-corrected chi connectivity index (χ0v) is 39.7. The molecular formula is C59H56N8O4. The molecule has 0 aliphatic heterocycles. The number of hydrogen-bond acceptors (Lipinski definition) is 8. The fraction of sp³-hybridized carbons (Fsp3) is 0.169. The third-order valence-electron chi connectivity index (χ3n) is 13.1. The van der Waals surface area contributed by atoms with Gasteiger partial charge in [-0.05, 0) is 45.5 Å². The summed E-state index contributed by atoms with van der Waals surface area (Å²) in [6.07, 6.45) is 7.66. The molecule has 0 bridgehead atoms. The van der Waals surface area contributed by atoms with Crippen LogP contribution in [0.5, 0.6) is 0 Å². The Hall–Kier alpha value is -8.45. The van der Waals surface area contributed by atoms with Gasteiger partial charge in [0.05, 0.1) is 35.4 Å². The molecule has 4 N–H and O–H groups in total. The topological polar surface area (TPSA) is 150 Å². The van der Waals surface area contributed by atoms with Gasteiger partial charge in [-0.3, -0.25) is 25.2 Å². The third kappa shape index (κ3) is 10.0. The van der Waals surface area contributed by atoms with Crippen LogP contribution in [0.25, 0.3) is 0 Å². The summed E-state index contributed by atoms with van der Waals surface area (Å²) in [5.41, 5.74) is 7.86. The highest BCUT2D eigenvalue weighted by Crippen LogP contribution is 2.42. The van der Waals surface area contributed by atoms with Crippen molar-refractivity contribution in [2.45, 2.75) is 49.1 Å². The molecule has 0 spiro atoms. The lowest BCUT2D eigenvalue weighted by atomic mass is 9.77. The Morgan fingerprint density at radius 1 is 0.479 bits per heavy atom. The van der Waals surface area contributed by atoms with E-state index < -0.39 is 35.1 Å². The van der Waals surface area contributed by atoms with Crippen molar-refractivity contribution < 1.29 is 19.8 Å². The van der Waals surface area contributed by atoms with Gasteiger partial charge in [0.25, 0.3) is 0 Å². The predicted molar refractivity (Wildman–Crippen MR) is 276 cm³/mol. The van der Waals surface area contributed by atoms with Gasteiger partial charge in [-0.1, -0.05) is 182 Å². The number of imidazole rings is 2. The molecular weight excluding hydrogens is 885 g/mol. The van der Waals surface area contributed by atoms with Crippen LogP contribution < -0.4 is 15.5 Å². The second-order valence-corrected chi connectivity index (χ2v) is 17.8. The van der Waals surface area contributed by atoms with Crippen molar-refractivity contribution in [2.24, 2.45) is 0 Å². The Morgan fingerprint density at radius 3 is 1.01 bits per heavy atom. The van der Waals surface area contributed by atoms with Gasteiger partial charge in [0.2, 0.25) is 0 Å². The Bertz CT molecular complexity index is 2750. The molecule has 0 saturated heterocycles. The van der Waals surface area contributed by atoms with E-state index >= 15 is 0 Å². The van der Waals surface area contributed by atoms with Crippen LogP contribution in [0.4, 0.5) is 5.69 Å². The van der Waals surface area contributed by atoms with Gasteiger partial charge in [-0.25, -0.2) is 9.97 Å². The number of carbonyl (C=O) groups is 2. The summed E-state index contributed by atoms with van der Waals surface area (Å²) in [4.78, 5) is 42.2. The zero-order chi connectivity index (χ0) is 49.2.